The van der Waals surface area contributed by atoms with Gasteiger partial charge in [0.05, 0.1) is 6.61 Å². The lowest BCUT2D eigenvalue weighted by Crippen LogP contribution is -2.37. The summed E-state index contributed by atoms with van der Waals surface area (Å²) in [5.74, 6) is 0.170. The lowest BCUT2D eigenvalue weighted by atomic mass is 9.98. The minimum atomic E-state index is 0.00915. The van der Waals surface area contributed by atoms with Gasteiger partial charge in [-0.1, -0.05) is 35.9 Å². The molecule has 2 aliphatic heterocycles. The Balaban J connectivity index is 1.29. The van der Waals surface area contributed by atoms with Crippen molar-refractivity contribution in [3.8, 4) is 0 Å². The predicted molar refractivity (Wildman–Crippen MR) is 120 cm³/mol. The highest BCUT2D eigenvalue weighted by Gasteiger charge is 2.22. The summed E-state index contributed by atoms with van der Waals surface area (Å²) in [5.41, 5.74) is 5.56. The summed E-state index contributed by atoms with van der Waals surface area (Å²) in [6.45, 7) is 5.72. The Morgan fingerprint density at radius 3 is 2.65 bits per heavy atom. The van der Waals surface area contributed by atoms with Crippen molar-refractivity contribution < 1.29 is 14.4 Å². The van der Waals surface area contributed by atoms with Gasteiger partial charge in [-0.15, -0.1) is 0 Å². The molecule has 1 fully saturated rings. The normalized spacial score (nSPS) is 16.2. The van der Waals surface area contributed by atoms with E-state index in [4.69, 9.17) is 4.84 Å². The number of rotatable bonds is 7. The van der Waals surface area contributed by atoms with Gasteiger partial charge in [0.15, 0.2) is 0 Å². The molecule has 2 amide bonds. The lowest BCUT2D eigenvalue weighted by Gasteiger charge is -2.30. The molecular formula is C25H31N3O3. The number of amides is 2. The van der Waals surface area contributed by atoms with Crippen molar-refractivity contribution in [3.05, 3.63) is 64.7 Å². The minimum absolute atomic E-state index is 0.00915. The molecule has 0 unspecified atom stereocenters. The Bertz CT molecular complexity index is 920. The molecule has 6 heteroatoms. The van der Waals surface area contributed by atoms with Gasteiger partial charge in [-0.05, 0) is 55.0 Å². The summed E-state index contributed by atoms with van der Waals surface area (Å²) in [6, 6.07) is 14.3. The van der Waals surface area contributed by atoms with Crippen molar-refractivity contribution in [2.24, 2.45) is 0 Å². The number of fused-ring (bicyclic) bond motifs is 1. The average Bonchev–Trinajstić information content (AvgIpc) is 3.30. The molecule has 0 radical (unpaired) electrons. The molecule has 1 saturated heterocycles. The van der Waals surface area contributed by atoms with Crippen LogP contribution in [0.3, 0.4) is 0 Å². The first kappa shape index (κ1) is 21.5. The maximum Gasteiger partial charge on any atom is 0.224 e. The molecule has 2 aromatic carbocycles. The standard InChI is InChI=1S/C25H31N3O3/c1-19-3-5-20(6-4-19)7-10-24(29)26-23-9-8-21-11-14-27(18-22(21)17-23)25(30)12-15-28-13-2-16-31-28/h3-6,8-9,17H,2,7,10-16,18H2,1H3,(H,26,29). The highest BCUT2D eigenvalue weighted by atomic mass is 16.7. The highest BCUT2D eigenvalue weighted by molar-refractivity contribution is 5.91. The molecule has 0 saturated carbocycles. The van der Waals surface area contributed by atoms with Crippen molar-refractivity contribution in [1.82, 2.24) is 9.96 Å². The number of carbonyl (C=O) groups is 2. The van der Waals surface area contributed by atoms with Crippen LogP contribution in [0.25, 0.3) is 0 Å². The number of nitrogens with zero attached hydrogens (tertiary/aromatic N) is 2. The molecule has 0 spiro atoms. The summed E-state index contributed by atoms with van der Waals surface area (Å²) in [6.07, 6.45) is 3.53. The second-order valence-corrected chi connectivity index (χ2v) is 8.45. The number of carbonyl (C=O) groups excluding carboxylic acids is 2. The molecular weight excluding hydrogens is 390 g/mol. The van der Waals surface area contributed by atoms with E-state index in [1.54, 1.807) is 0 Å². The van der Waals surface area contributed by atoms with Gasteiger partial charge < -0.3 is 10.2 Å². The van der Waals surface area contributed by atoms with Gasteiger partial charge in [0.2, 0.25) is 11.8 Å². The van der Waals surface area contributed by atoms with E-state index >= 15 is 0 Å². The fourth-order valence-corrected chi connectivity index (χ4v) is 4.14. The van der Waals surface area contributed by atoms with E-state index in [0.29, 0.717) is 25.9 Å². The van der Waals surface area contributed by atoms with Crippen molar-refractivity contribution >= 4 is 17.5 Å². The lowest BCUT2D eigenvalue weighted by molar-refractivity contribution is -0.139. The summed E-state index contributed by atoms with van der Waals surface area (Å²) >= 11 is 0. The SMILES string of the molecule is Cc1ccc(CCC(=O)Nc2ccc3c(c2)CN(C(=O)CCN2CCCO2)CC3)cc1. The molecule has 6 nitrogen and oxygen atoms in total. The number of aryl methyl sites for hydroxylation is 2. The Labute approximate surface area is 184 Å². The number of anilines is 1. The number of nitrogens with one attached hydrogen (secondary N) is 1. The smallest absolute Gasteiger partial charge is 0.224 e. The van der Waals surface area contributed by atoms with E-state index in [1.807, 2.05) is 22.1 Å². The summed E-state index contributed by atoms with van der Waals surface area (Å²) in [4.78, 5) is 32.4. The van der Waals surface area contributed by atoms with Gasteiger partial charge in [-0.25, -0.2) is 0 Å². The summed E-state index contributed by atoms with van der Waals surface area (Å²) in [5, 5.41) is 4.90. The first-order valence-electron chi connectivity index (χ1n) is 11.2. The Morgan fingerprint density at radius 2 is 1.87 bits per heavy atom. The molecule has 0 bridgehead atoms. The molecule has 1 N–H and O–H groups in total. The molecule has 0 aliphatic carbocycles. The van der Waals surface area contributed by atoms with Crippen LogP contribution in [0, 0.1) is 6.92 Å². The van der Waals surface area contributed by atoms with Crippen LogP contribution in [0.1, 0.15) is 41.5 Å². The Kier molecular flexibility index (Phi) is 6.99. The topological polar surface area (TPSA) is 61.9 Å². The third-order valence-electron chi connectivity index (χ3n) is 6.02. The Hall–Kier alpha value is -2.70. The zero-order valence-corrected chi connectivity index (χ0v) is 18.2. The van der Waals surface area contributed by atoms with Gasteiger partial charge in [0, 0.05) is 44.7 Å². The van der Waals surface area contributed by atoms with Crippen LogP contribution in [-0.4, -0.2) is 48.0 Å². The monoisotopic (exact) mass is 421 g/mol. The number of hydrogen-bond donors (Lipinski definition) is 1. The van der Waals surface area contributed by atoms with Gasteiger partial charge in [-0.3, -0.25) is 14.4 Å². The Morgan fingerprint density at radius 1 is 1.03 bits per heavy atom. The third-order valence-corrected chi connectivity index (χ3v) is 6.02. The van der Waals surface area contributed by atoms with E-state index in [1.165, 1.54) is 16.7 Å². The summed E-state index contributed by atoms with van der Waals surface area (Å²) in [7, 11) is 0. The fraction of sp³-hybridized carbons (Fsp3) is 0.440. The van der Waals surface area contributed by atoms with E-state index < -0.39 is 0 Å². The quantitative estimate of drug-likeness (QED) is 0.744. The number of hydrogen-bond acceptors (Lipinski definition) is 4. The van der Waals surface area contributed by atoms with E-state index in [9.17, 15) is 9.59 Å². The van der Waals surface area contributed by atoms with Crippen LogP contribution in [0.4, 0.5) is 5.69 Å². The van der Waals surface area contributed by atoms with Gasteiger partial charge in [-0.2, -0.15) is 5.06 Å². The molecule has 2 aromatic rings. The largest absolute Gasteiger partial charge is 0.338 e. The molecule has 31 heavy (non-hydrogen) atoms. The van der Waals surface area contributed by atoms with Gasteiger partial charge in [0.1, 0.15) is 0 Å². The van der Waals surface area contributed by atoms with Crippen LogP contribution in [0.15, 0.2) is 42.5 Å². The van der Waals surface area contributed by atoms with Gasteiger partial charge in [0.25, 0.3) is 0 Å². The second-order valence-electron chi connectivity index (χ2n) is 8.45. The van der Waals surface area contributed by atoms with Crippen molar-refractivity contribution in [3.63, 3.8) is 0 Å². The third kappa shape index (κ3) is 5.93. The fourth-order valence-electron chi connectivity index (χ4n) is 4.14. The molecule has 0 atom stereocenters. The van der Waals surface area contributed by atoms with Crippen molar-refractivity contribution in [2.45, 2.75) is 45.6 Å². The van der Waals surface area contributed by atoms with Crippen LogP contribution in [-0.2, 0) is 33.8 Å². The van der Waals surface area contributed by atoms with Crippen molar-refractivity contribution in [2.75, 3.05) is 31.6 Å². The predicted octanol–water partition coefficient (Wildman–Crippen LogP) is 3.48. The second kappa shape index (κ2) is 10.1. The van der Waals surface area contributed by atoms with Crippen LogP contribution in [0.5, 0.6) is 0 Å². The van der Waals surface area contributed by atoms with Crippen LogP contribution >= 0.6 is 0 Å². The molecule has 164 valence electrons. The minimum Gasteiger partial charge on any atom is -0.338 e. The highest BCUT2D eigenvalue weighted by Crippen LogP contribution is 2.23. The zero-order chi connectivity index (χ0) is 21.6. The van der Waals surface area contributed by atoms with E-state index in [-0.39, 0.29) is 11.8 Å². The molecule has 4 rings (SSSR count). The number of benzene rings is 2. The van der Waals surface area contributed by atoms with Crippen LogP contribution in [0.2, 0.25) is 0 Å². The molecule has 2 aliphatic rings. The first-order chi connectivity index (χ1) is 15.1. The molecule has 0 aromatic heterocycles. The maximum atomic E-state index is 12.6. The first-order valence-corrected chi connectivity index (χ1v) is 11.2. The van der Waals surface area contributed by atoms with E-state index in [0.717, 1.165) is 50.2 Å². The number of hydroxylamine groups is 2. The average molecular weight is 422 g/mol. The summed E-state index contributed by atoms with van der Waals surface area (Å²) < 4.78 is 0. The maximum absolute atomic E-state index is 12.6. The van der Waals surface area contributed by atoms with Crippen molar-refractivity contribution in [1.29, 1.82) is 0 Å². The zero-order valence-electron chi connectivity index (χ0n) is 18.2. The van der Waals surface area contributed by atoms with Gasteiger partial charge >= 0.3 is 0 Å². The van der Waals surface area contributed by atoms with Crippen LogP contribution < -0.4 is 5.32 Å². The molecule has 2 heterocycles. The van der Waals surface area contributed by atoms with E-state index in [2.05, 4.69) is 42.6 Å².